The number of rotatable bonds is 4. The maximum atomic E-state index is 13.4. The lowest BCUT2D eigenvalue weighted by atomic mass is 10.2. The fourth-order valence-electron chi connectivity index (χ4n) is 1.48. The number of carbonyl (C=O) groups excluding carboxylic acids is 1. The molecule has 0 unspecified atom stereocenters. The van der Waals surface area contributed by atoms with E-state index < -0.39 is 17.5 Å². The molecule has 0 fully saturated rings. The summed E-state index contributed by atoms with van der Waals surface area (Å²) in [6.45, 7) is 0. The molecule has 0 aliphatic carbocycles. The molecule has 1 amide bonds. The van der Waals surface area contributed by atoms with Crippen molar-refractivity contribution < 1.29 is 18.3 Å². The molecule has 21 heavy (non-hydrogen) atoms. The smallest absolute Gasteiger partial charge is 0.269 e. The Morgan fingerprint density at radius 1 is 1.29 bits per heavy atom. The Kier molecular flexibility index (Phi) is 4.69. The molecule has 0 aliphatic rings. The highest BCUT2D eigenvalue weighted by atomic mass is 79.9. The molecule has 0 radical (unpaired) electrons. The molecule has 110 valence electrons. The number of benzene rings is 1. The van der Waals surface area contributed by atoms with Crippen LogP contribution in [0.15, 0.2) is 34.9 Å². The third kappa shape index (κ3) is 3.66. The third-order valence-corrected chi connectivity index (χ3v) is 3.15. The molecular formula is C13H10BrF2N3O2. The summed E-state index contributed by atoms with van der Waals surface area (Å²) in [5.74, 6) is -1.95. The Morgan fingerprint density at radius 3 is 2.67 bits per heavy atom. The minimum Gasteiger partial charge on any atom is -0.479 e. The van der Waals surface area contributed by atoms with Crippen molar-refractivity contribution >= 4 is 27.5 Å². The molecule has 2 aromatic rings. The molecule has 2 rings (SSSR count). The lowest BCUT2D eigenvalue weighted by molar-refractivity contribution is 0.0962. The maximum Gasteiger partial charge on any atom is 0.269 e. The summed E-state index contributed by atoms with van der Waals surface area (Å²) in [6.07, 6.45) is 1.28. The molecule has 8 heteroatoms. The second kappa shape index (κ2) is 6.49. The first kappa shape index (κ1) is 15.2. The van der Waals surface area contributed by atoms with Crippen LogP contribution >= 0.6 is 15.9 Å². The van der Waals surface area contributed by atoms with Gasteiger partial charge in [-0.2, -0.15) is 0 Å². The van der Waals surface area contributed by atoms with Gasteiger partial charge in [-0.1, -0.05) is 0 Å². The molecule has 1 aromatic carbocycles. The standard InChI is InChI=1S/C13H10BrF2N3O2/c1-21-13-11(16)5-8(6-17-13)18-19-12(20)7-2-3-9(14)10(15)4-7/h2-6,18H,1H3,(H,19,20). The minimum atomic E-state index is -0.675. The number of methoxy groups -OCH3 is 1. The van der Waals surface area contributed by atoms with Crippen LogP contribution in [0, 0.1) is 11.6 Å². The number of nitrogens with one attached hydrogen (secondary N) is 2. The van der Waals surface area contributed by atoms with Gasteiger partial charge in [0.25, 0.3) is 5.91 Å². The molecule has 1 heterocycles. The van der Waals surface area contributed by atoms with E-state index in [9.17, 15) is 13.6 Å². The molecule has 0 aliphatic heterocycles. The van der Waals surface area contributed by atoms with E-state index in [1.807, 2.05) is 0 Å². The van der Waals surface area contributed by atoms with Gasteiger partial charge in [-0.25, -0.2) is 13.8 Å². The number of hydrogen-bond donors (Lipinski definition) is 2. The third-order valence-electron chi connectivity index (χ3n) is 2.50. The van der Waals surface area contributed by atoms with Crippen LogP contribution in [0.5, 0.6) is 5.88 Å². The van der Waals surface area contributed by atoms with Crippen molar-refractivity contribution in [2.24, 2.45) is 0 Å². The quantitative estimate of drug-likeness (QED) is 0.826. The second-order valence-corrected chi connectivity index (χ2v) is 4.78. The summed E-state index contributed by atoms with van der Waals surface area (Å²) in [6, 6.07) is 5.04. The Bertz CT molecular complexity index is 682. The zero-order valence-corrected chi connectivity index (χ0v) is 12.4. The van der Waals surface area contributed by atoms with Crippen molar-refractivity contribution in [2.75, 3.05) is 12.5 Å². The average molecular weight is 358 g/mol. The van der Waals surface area contributed by atoms with E-state index in [1.165, 1.54) is 25.4 Å². The van der Waals surface area contributed by atoms with Crippen LogP contribution in [0.4, 0.5) is 14.5 Å². The van der Waals surface area contributed by atoms with Crippen LogP contribution in [0.3, 0.4) is 0 Å². The Hall–Kier alpha value is -2.22. The molecule has 0 saturated carbocycles. The van der Waals surface area contributed by atoms with Gasteiger partial charge in [0, 0.05) is 11.6 Å². The van der Waals surface area contributed by atoms with E-state index >= 15 is 0 Å². The summed E-state index contributed by atoms with van der Waals surface area (Å²) in [5.41, 5.74) is 5.12. The summed E-state index contributed by atoms with van der Waals surface area (Å²) in [5, 5.41) is 0. The normalized spacial score (nSPS) is 10.1. The van der Waals surface area contributed by atoms with Crippen LogP contribution in [-0.2, 0) is 0 Å². The molecular weight excluding hydrogens is 348 g/mol. The van der Waals surface area contributed by atoms with E-state index in [4.69, 9.17) is 0 Å². The SMILES string of the molecule is COc1ncc(NNC(=O)c2ccc(Br)c(F)c2)cc1F. The number of anilines is 1. The molecule has 2 N–H and O–H groups in total. The molecule has 0 saturated heterocycles. The second-order valence-electron chi connectivity index (χ2n) is 3.92. The van der Waals surface area contributed by atoms with Crippen LogP contribution in [0.2, 0.25) is 0 Å². The van der Waals surface area contributed by atoms with Crippen LogP contribution in [-0.4, -0.2) is 18.0 Å². The fraction of sp³-hybridized carbons (Fsp3) is 0.0769. The number of hydrazine groups is 1. The van der Waals surface area contributed by atoms with Gasteiger partial charge in [-0.05, 0) is 34.1 Å². The highest BCUT2D eigenvalue weighted by Gasteiger charge is 2.09. The molecule has 1 aromatic heterocycles. The predicted octanol–water partition coefficient (Wildman–Crippen LogP) is 2.89. The van der Waals surface area contributed by atoms with Crippen LogP contribution in [0.1, 0.15) is 10.4 Å². The van der Waals surface area contributed by atoms with E-state index in [-0.39, 0.29) is 21.6 Å². The van der Waals surface area contributed by atoms with Crippen LogP contribution in [0.25, 0.3) is 0 Å². The number of aromatic nitrogens is 1. The van der Waals surface area contributed by atoms with Gasteiger partial charge in [-0.15, -0.1) is 0 Å². The number of halogens is 3. The van der Waals surface area contributed by atoms with Gasteiger partial charge < -0.3 is 4.74 Å². The van der Waals surface area contributed by atoms with Crippen LogP contribution < -0.4 is 15.6 Å². The highest BCUT2D eigenvalue weighted by Crippen LogP contribution is 2.17. The Balaban J connectivity index is 2.03. The van der Waals surface area contributed by atoms with Crippen molar-refractivity contribution in [3.05, 3.63) is 52.1 Å². The van der Waals surface area contributed by atoms with Gasteiger partial charge in [0.1, 0.15) is 5.82 Å². The molecule has 0 bridgehead atoms. The van der Waals surface area contributed by atoms with Crippen molar-refractivity contribution in [1.29, 1.82) is 0 Å². The lowest BCUT2D eigenvalue weighted by Gasteiger charge is -2.09. The number of nitrogens with zero attached hydrogens (tertiary/aromatic N) is 1. The van der Waals surface area contributed by atoms with E-state index in [0.717, 1.165) is 12.1 Å². The number of pyridine rings is 1. The Labute approximate surface area is 127 Å². The fourth-order valence-corrected chi connectivity index (χ4v) is 1.73. The first-order valence-corrected chi connectivity index (χ1v) is 6.51. The highest BCUT2D eigenvalue weighted by molar-refractivity contribution is 9.10. The van der Waals surface area contributed by atoms with E-state index in [2.05, 4.69) is 36.5 Å². The number of hydrogen-bond acceptors (Lipinski definition) is 4. The summed E-state index contributed by atoms with van der Waals surface area (Å²) in [7, 11) is 1.29. The number of carbonyl (C=O) groups is 1. The summed E-state index contributed by atoms with van der Waals surface area (Å²) >= 11 is 2.99. The van der Waals surface area contributed by atoms with Gasteiger partial charge in [-0.3, -0.25) is 15.6 Å². The lowest BCUT2D eigenvalue weighted by Crippen LogP contribution is -2.29. The first-order chi connectivity index (χ1) is 10.0. The largest absolute Gasteiger partial charge is 0.479 e. The summed E-state index contributed by atoms with van der Waals surface area (Å²) in [4.78, 5) is 15.5. The molecule has 0 atom stereocenters. The monoisotopic (exact) mass is 357 g/mol. The number of ether oxygens (including phenoxy) is 1. The Morgan fingerprint density at radius 2 is 2.05 bits per heavy atom. The van der Waals surface area contributed by atoms with Crippen molar-refractivity contribution in [3.63, 3.8) is 0 Å². The zero-order chi connectivity index (χ0) is 15.4. The number of amides is 1. The minimum absolute atomic E-state index is 0.116. The van der Waals surface area contributed by atoms with Crippen molar-refractivity contribution in [3.8, 4) is 5.88 Å². The van der Waals surface area contributed by atoms with Gasteiger partial charge in [0.2, 0.25) is 5.88 Å². The first-order valence-electron chi connectivity index (χ1n) is 5.72. The van der Waals surface area contributed by atoms with Gasteiger partial charge in [0.05, 0.1) is 23.5 Å². The van der Waals surface area contributed by atoms with Crippen molar-refractivity contribution in [1.82, 2.24) is 10.4 Å². The maximum absolute atomic E-state index is 13.4. The van der Waals surface area contributed by atoms with Crippen molar-refractivity contribution in [2.45, 2.75) is 0 Å². The molecule has 0 spiro atoms. The van der Waals surface area contributed by atoms with E-state index in [0.29, 0.717) is 0 Å². The van der Waals surface area contributed by atoms with E-state index in [1.54, 1.807) is 0 Å². The van der Waals surface area contributed by atoms with Gasteiger partial charge >= 0.3 is 0 Å². The molecule has 5 nitrogen and oxygen atoms in total. The average Bonchev–Trinajstić information content (AvgIpc) is 2.47. The topological polar surface area (TPSA) is 63.2 Å². The zero-order valence-electron chi connectivity index (χ0n) is 10.8. The summed E-state index contributed by atoms with van der Waals surface area (Å²) < 4.78 is 31.6. The predicted molar refractivity (Wildman–Crippen MR) is 75.9 cm³/mol. The van der Waals surface area contributed by atoms with Gasteiger partial charge in [0.15, 0.2) is 5.82 Å².